The van der Waals surface area contributed by atoms with E-state index in [-0.39, 0.29) is 11.5 Å². The molecule has 6 aliphatic rings. The van der Waals surface area contributed by atoms with E-state index in [1.165, 1.54) is 45.1 Å². The van der Waals surface area contributed by atoms with Crippen LogP contribution < -0.4 is 0 Å². The van der Waals surface area contributed by atoms with Gasteiger partial charge in [0.1, 0.15) is 0 Å². The maximum Gasteiger partial charge on any atom is 0.0577 e. The normalized spacial score (nSPS) is 57.6. The summed E-state index contributed by atoms with van der Waals surface area (Å²) in [6.45, 7) is 9.20. The summed E-state index contributed by atoms with van der Waals surface area (Å²) in [5.41, 5.74) is 2.03. The molecule has 0 aromatic carbocycles. The molecule has 4 aliphatic carbocycles. The molecular weight excluding hydrogens is 370 g/mol. The van der Waals surface area contributed by atoms with Crippen molar-refractivity contribution in [3.05, 3.63) is 11.6 Å². The number of hydrogen-bond donors (Lipinski definition) is 2. The molecule has 0 aromatic rings. The first-order valence-corrected chi connectivity index (χ1v) is 13.1. The molecule has 3 heteroatoms. The van der Waals surface area contributed by atoms with Crippen molar-refractivity contribution >= 4 is 0 Å². The van der Waals surface area contributed by atoms with Gasteiger partial charge in [-0.2, -0.15) is 0 Å². The summed E-state index contributed by atoms with van der Waals surface area (Å²) in [5.74, 6) is 4.48. The predicted octanol–water partition coefficient (Wildman–Crippen LogP) is 4.63. The van der Waals surface area contributed by atoms with Crippen LogP contribution in [0, 0.1) is 46.3 Å². The lowest BCUT2D eigenvalue weighted by molar-refractivity contribution is -0.0890. The Morgan fingerprint density at radius 1 is 1.07 bits per heavy atom. The number of allylic oxidation sites excluding steroid dienone is 1. The molecule has 2 aliphatic heterocycles. The van der Waals surface area contributed by atoms with Crippen molar-refractivity contribution in [1.29, 1.82) is 0 Å². The molecular formula is C27H43NO2. The molecule has 0 radical (unpaired) electrons. The third kappa shape index (κ3) is 2.49. The van der Waals surface area contributed by atoms with Gasteiger partial charge in [0.05, 0.1) is 6.10 Å². The van der Waals surface area contributed by atoms with Gasteiger partial charge in [-0.05, 0) is 98.7 Å². The number of aliphatic hydroxyl groups excluding tert-OH is 2. The molecule has 3 nitrogen and oxygen atoms in total. The lowest BCUT2D eigenvalue weighted by Gasteiger charge is -2.58. The second-order valence-corrected chi connectivity index (χ2v) is 12.7. The van der Waals surface area contributed by atoms with Crippen LogP contribution in [-0.4, -0.2) is 46.5 Å². The van der Waals surface area contributed by atoms with Gasteiger partial charge in [0.2, 0.25) is 0 Å². The minimum Gasteiger partial charge on any atom is -0.396 e. The molecule has 0 aromatic heterocycles. The maximum atomic E-state index is 11.0. The minimum atomic E-state index is -0.120. The van der Waals surface area contributed by atoms with E-state index in [0.29, 0.717) is 23.9 Å². The highest BCUT2D eigenvalue weighted by atomic mass is 16.3. The fourth-order valence-corrected chi connectivity index (χ4v) is 10.4. The Kier molecular flexibility index (Phi) is 4.60. The Bertz CT molecular complexity index is 734. The fourth-order valence-electron chi connectivity index (χ4n) is 10.4. The average Bonchev–Trinajstić information content (AvgIpc) is 3.22. The van der Waals surface area contributed by atoms with Gasteiger partial charge < -0.3 is 10.2 Å². The van der Waals surface area contributed by atoms with Crippen LogP contribution >= 0.6 is 0 Å². The number of aliphatic hydroxyl groups is 2. The van der Waals surface area contributed by atoms with Gasteiger partial charge in [0.25, 0.3) is 0 Å². The summed E-state index contributed by atoms with van der Waals surface area (Å²) in [6.07, 6.45) is 13.3. The average molecular weight is 414 g/mol. The van der Waals surface area contributed by atoms with Crippen LogP contribution in [0.1, 0.15) is 78.6 Å². The van der Waals surface area contributed by atoms with Crippen molar-refractivity contribution in [3.8, 4) is 0 Å². The number of rotatable bonds is 1. The Balaban J connectivity index is 1.35. The zero-order chi connectivity index (χ0) is 20.8. The fraction of sp³-hybridized carbons (Fsp3) is 0.926. The lowest BCUT2D eigenvalue weighted by atomic mass is 9.46. The van der Waals surface area contributed by atoms with Crippen molar-refractivity contribution in [2.75, 3.05) is 13.2 Å². The molecule has 6 rings (SSSR count). The smallest absolute Gasteiger partial charge is 0.0577 e. The van der Waals surface area contributed by atoms with Gasteiger partial charge in [-0.3, -0.25) is 4.90 Å². The van der Waals surface area contributed by atoms with Crippen LogP contribution in [-0.2, 0) is 0 Å². The Hall–Kier alpha value is -0.380. The molecule has 168 valence electrons. The molecule has 0 bridgehead atoms. The molecule has 3 saturated carbocycles. The number of nitrogens with zero attached hydrogens (tertiary/aromatic N) is 1. The van der Waals surface area contributed by atoms with Gasteiger partial charge in [-0.25, -0.2) is 0 Å². The third-order valence-corrected chi connectivity index (χ3v) is 11.7. The van der Waals surface area contributed by atoms with Crippen molar-refractivity contribution in [2.45, 2.75) is 96.7 Å². The van der Waals surface area contributed by atoms with E-state index in [1.807, 2.05) is 0 Å². The minimum absolute atomic E-state index is 0.120. The van der Waals surface area contributed by atoms with Crippen molar-refractivity contribution in [1.82, 2.24) is 4.90 Å². The number of hydrogen-bond acceptors (Lipinski definition) is 3. The molecule has 11 atom stereocenters. The van der Waals surface area contributed by atoms with Gasteiger partial charge in [0, 0.05) is 30.7 Å². The van der Waals surface area contributed by atoms with Gasteiger partial charge in [-0.15, -0.1) is 0 Å². The zero-order valence-electron chi connectivity index (χ0n) is 19.4. The summed E-state index contributed by atoms with van der Waals surface area (Å²) >= 11 is 0. The third-order valence-electron chi connectivity index (χ3n) is 11.7. The largest absolute Gasteiger partial charge is 0.396 e. The van der Waals surface area contributed by atoms with E-state index >= 15 is 0 Å². The van der Waals surface area contributed by atoms with Gasteiger partial charge in [0.15, 0.2) is 0 Å². The quantitative estimate of drug-likeness (QED) is 0.616. The highest BCUT2D eigenvalue weighted by Gasteiger charge is 2.67. The van der Waals surface area contributed by atoms with Crippen LogP contribution in [0.2, 0.25) is 0 Å². The van der Waals surface area contributed by atoms with Crippen LogP contribution in [0.3, 0.4) is 0 Å². The Labute approximate surface area is 183 Å². The number of fused-ring (bicyclic) bond motifs is 9. The van der Waals surface area contributed by atoms with Gasteiger partial charge >= 0.3 is 0 Å². The summed E-state index contributed by atoms with van der Waals surface area (Å²) in [4.78, 5) is 2.93. The zero-order valence-corrected chi connectivity index (χ0v) is 19.4. The summed E-state index contributed by atoms with van der Waals surface area (Å²) < 4.78 is 0. The monoisotopic (exact) mass is 413 g/mol. The van der Waals surface area contributed by atoms with E-state index < -0.39 is 0 Å². The Morgan fingerprint density at radius 2 is 1.90 bits per heavy atom. The van der Waals surface area contributed by atoms with Crippen LogP contribution in [0.15, 0.2) is 11.6 Å². The van der Waals surface area contributed by atoms with Crippen LogP contribution in [0.5, 0.6) is 0 Å². The predicted molar refractivity (Wildman–Crippen MR) is 120 cm³/mol. The van der Waals surface area contributed by atoms with E-state index in [9.17, 15) is 10.2 Å². The first-order chi connectivity index (χ1) is 14.4. The summed E-state index contributed by atoms with van der Waals surface area (Å²) in [6, 6.07) is 1.49. The molecule has 0 amide bonds. The number of piperidine rings is 1. The summed E-state index contributed by atoms with van der Waals surface area (Å²) in [7, 11) is 0. The van der Waals surface area contributed by atoms with Crippen molar-refractivity contribution < 1.29 is 10.2 Å². The second kappa shape index (κ2) is 6.81. The van der Waals surface area contributed by atoms with E-state index in [0.717, 1.165) is 55.0 Å². The van der Waals surface area contributed by atoms with Crippen molar-refractivity contribution in [2.24, 2.45) is 46.3 Å². The first-order valence-electron chi connectivity index (χ1n) is 13.1. The van der Waals surface area contributed by atoms with E-state index in [1.54, 1.807) is 5.57 Å². The first kappa shape index (κ1) is 20.2. The highest BCUT2D eigenvalue weighted by molar-refractivity contribution is 5.27. The van der Waals surface area contributed by atoms with Crippen LogP contribution in [0.25, 0.3) is 0 Å². The maximum absolute atomic E-state index is 11.0. The molecule has 0 unspecified atom stereocenters. The molecule has 2 heterocycles. The molecule has 2 N–H and O–H groups in total. The van der Waals surface area contributed by atoms with Crippen molar-refractivity contribution in [3.63, 3.8) is 0 Å². The highest BCUT2D eigenvalue weighted by Crippen LogP contribution is 2.69. The van der Waals surface area contributed by atoms with Crippen LogP contribution in [0.4, 0.5) is 0 Å². The second-order valence-electron chi connectivity index (χ2n) is 12.7. The van der Waals surface area contributed by atoms with Gasteiger partial charge in [-0.1, -0.05) is 32.4 Å². The Morgan fingerprint density at radius 3 is 2.70 bits per heavy atom. The SMILES string of the molecule is C[C@H]1CC[C@@H]2[C@@H](C)[C@@H]3[C@H](C[C@@H]4[C@@H]5CC=C6C[C@H](O)CC[C@]6(C)[C@H]5CC[C@]34CO)N2C1. The topological polar surface area (TPSA) is 43.7 Å². The molecule has 0 spiro atoms. The standard InChI is InChI=1S/C27H43NO2/c1-16-4-7-23-17(2)25-24(28(23)14-16)13-22-20-6-5-18-12-19(30)8-10-26(18,3)21(20)9-11-27(22,25)15-29/h5,16-17,19-25,29-30H,4,6-15H2,1-3H3/t16-,17+,19+,20+,21-,22+,23+,24-,25+,26-,27+/m0/s1. The lowest BCUT2D eigenvalue weighted by Crippen LogP contribution is -2.53. The summed E-state index contributed by atoms with van der Waals surface area (Å²) in [5, 5.41) is 21.2. The molecule has 30 heavy (non-hydrogen) atoms. The molecule has 5 fully saturated rings. The van der Waals surface area contributed by atoms with E-state index in [4.69, 9.17) is 0 Å². The molecule has 2 saturated heterocycles. The van der Waals surface area contributed by atoms with E-state index in [2.05, 4.69) is 31.7 Å².